The molecule has 2 aliphatic rings. The van der Waals surface area contributed by atoms with Crippen LogP contribution in [-0.2, 0) is 4.79 Å². The first kappa shape index (κ1) is 16.7. The minimum absolute atomic E-state index is 0.0409. The zero-order chi connectivity index (χ0) is 18.3. The highest BCUT2D eigenvalue weighted by molar-refractivity contribution is 6.31. The van der Waals surface area contributed by atoms with Gasteiger partial charge in [0.1, 0.15) is 11.8 Å². The van der Waals surface area contributed by atoms with E-state index in [1.165, 1.54) is 7.11 Å². The number of hydrogen-bond acceptors (Lipinski definition) is 4. The van der Waals surface area contributed by atoms with E-state index in [0.717, 1.165) is 11.4 Å². The normalized spacial score (nSPS) is 20.8. The van der Waals surface area contributed by atoms with Gasteiger partial charge in [0, 0.05) is 17.6 Å². The van der Waals surface area contributed by atoms with Crippen molar-refractivity contribution in [3.05, 3.63) is 53.1 Å². The second kappa shape index (κ2) is 6.53. The molecule has 6 nitrogen and oxygen atoms in total. The number of ether oxygens (including phenoxy) is 1. The molecule has 1 fully saturated rings. The van der Waals surface area contributed by atoms with Crippen molar-refractivity contribution in [2.24, 2.45) is 0 Å². The van der Waals surface area contributed by atoms with Gasteiger partial charge >= 0.3 is 0 Å². The molecule has 0 radical (unpaired) electrons. The lowest BCUT2D eigenvalue weighted by molar-refractivity contribution is -0.117. The number of para-hydroxylation sites is 2. The van der Waals surface area contributed by atoms with Crippen LogP contribution in [0.25, 0.3) is 0 Å². The number of anilines is 2. The fraction of sp³-hybridized carbons (Fsp3) is 0.263. The Kier molecular flexibility index (Phi) is 4.20. The number of carbonyl (C=O) groups excluding carboxylic acids is 2. The summed E-state index contributed by atoms with van der Waals surface area (Å²) < 4.78 is 5.25. The van der Waals surface area contributed by atoms with Gasteiger partial charge in [0.15, 0.2) is 0 Å². The highest BCUT2D eigenvalue weighted by Crippen LogP contribution is 2.36. The molecule has 2 aromatic rings. The molecule has 2 amide bonds. The van der Waals surface area contributed by atoms with E-state index in [9.17, 15) is 9.59 Å². The molecule has 0 spiro atoms. The molecule has 2 heterocycles. The van der Waals surface area contributed by atoms with Gasteiger partial charge in [-0.2, -0.15) is 0 Å². The number of hydrogen-bond donors (Lipinski definition) is 2. The molecule has 2 N–H and O–H groups in total. The number of nitrogens with one attached hydrogen (secondary N) is 2. The van der Waals surface area contributed by atoms with Gasteiger partial charge in [0.25, 0.3) is 5.91 Å². The smallest absolute Gasteiger partial charge is 0.255 e. The Morgan fingerprint density at radius 1 is 1.31 bits per heavy atom. The number of benzene rings is 2. The molecule has 134 valence electrons. The number of carbonyl (C=O) groups is 2. The third-order valence-corrected chi connectivity index (χ3v) is 5.05. The first-order valence-electron chi connectivity index (χ1n) is 8.38. The van der Waals surface area contributed by atoms with Crippen molar-refractivity contribution < 1.29 is 14.3 Å². The van der Waals surface area contributed by atoms with Crippen LogP contribution in [0.4, 0.5) is 11.4 Å². The quantitative estimate of drug-likeness (QED) is 0.870. The maximum atomic E-state index is 12.7. The number of fused-ring (bicyclic) bond motifs is 3. The number of nitrogens with zero attached hydrogens (tertiary/aromatic N) is 1. The first-order valence-corrected chi connectivity index (χ1v) is 8.75. The van der Waals surface area contributed by atoms with Gasteiger partial charge in [0.2, 0.25) is 5.91 Å². The lowest BCUT2D eigenvalue weighted by Crippen LogP contribution is -2.44. The molecule has 2 aromatic carbocycles. The van der Waals surface area contributed by atoms with Crippen LogP contribution in [-0.4, -0.2) is 37.6 Å². The van der Waals surface area contributed by atoms with Crippen LogP contribution >= 0.6 is 11.6 Å². The number of halogens is 1. The lowest BCUT2D eigenvalue weighted by atomic mass is 10.1. The van der Waals surface area contributed by atoms with Crippen molar-refractivity contribution in [3.63, 3.8) is 0 Å². The first-order chi connectivity index (χ1) is 12.6. The van der Waals surface area contributed by atoms with E-state index in [1.54, 1.807) is 18.2 Å². The topological polar surface area (TPSA) is 70.7 Å². The zero-order valence-electron chi connectivity index (χ0n) is 14.2. The lowest BCUT2D eigenvalue weighted by Gasteiger charge is -2.32. The number of rotatable bonds is 3. The Hall–Kier alpha value is -2.73. The molecule has 4 rings (SSSR count). The molecule has 1 saturated heterocycles. The molecular weight excluding hydrogens is 354 g/mol. The maximum Gasteiger partial charge on any atom is 0.255 e. The summed E-state index contributed by atoms with van der Waals surface area (Å²) in [6.07, 6.45) is 0.550. The van der Waals surface area contributed by atoms with E-state index in [4.69, 9.17) is 16.3 Å². The largest absolute Gasteiger partial charge is 0.496 e. The summed E-state index contributed by atoms with van der Waals surface area (Å²) >= 11 is 6.01. The highest BCUT2D eigenvalue weighted by Gasteiger charge is 2.41. The predicted molar refractivity (Wildman–Crippen MR) is 100 cm³/mol. The van der Waals surface area contributed by atoms with E-state index in [2.05, 4.69) is 10.6 Å². The molecule has 26 heavy (non-hydrogen) atoms. The Balaban J connectivity index is 1.54. The van der Waals surface area contributed by atoms with Gasteiger partial charge in [-0.3, -0.25) is 9.59 Å². The van der Waals surface area contributed by atoms with Gasteiger partial charge < -0.3 is 20.3 Å². The second-order valence-electron chi connectivity index (χ2n) is 6.43. The molecule has 2 aliphatic heterocycles. The van der Waals surface area contributed by atoms with Crippen molar-refractivity contribution in [1.82, 2.24) is 5.32 Å². The summed E-state index contributed by atoms with van der Waals surface area (Å²) in [7, 11) is 1.51. The molecule has 2 atom stereocenters. The van der Waals surface area contributed by atoms with Crippen molar-refractivity contribution in [2.45, 2.75) is 18.5 Å². The molecule has 0 aliphatic carbocycles. The molecule has 0 aromatic heterocycles. The van der Waals surface area contributed by atoms with E-state index in [-0.39, 0.29) is 23.9 Å². The Labute approximate surface area is 156 Å². The highest BCUT2D eigenvalue weighted by atomic mass is 35.5. The van der Waals surface area contributed by atoms with Crippen LogP contribution in [0.2, 0.25) is 5.02 Å². The Morgan fingerprint density at radius 3 is 2.92 bits per heavy atom. The van der Waals surface area contributed by atoms with Crippen LogP contribution in [0, 0.1) is 0 Å². The SMILES string of the molecule is COc1ccc(Cl)cc1C(=O)N[C@H]1C[C@H]2C(=O)Nc3ccccc3N2C1. The van der Waals surface area contributed by atoms with Crippen molar-refractivity contribution in [2.75, 3.05) is 23.9 Å². The van der Waals surface area contributed by atoms with Crippen LogP contribution in [0.3, 0.4) is 0 Å². The van der Waals surface area contributed by atoms with Crippen LogP contribution in [0.5, 0.6) is 5.75 Å². The molecule has 0 saturated carbocycles. The van der Waals surface area contributed by atoms with Gasteiger partial charge in [-0.15, -0.1) is 0 Å². The maximum absolute atomic E-state index is 12.7. The Morgan fingerprint density at radius 2 is 2.12 bits per heavy atom. The molecule has 7 heteroatoms. The van der Waals surface area contributed by atoms with Gasteiger partial charge in [-0.25, -0.2) is 0 Å². The van der Waals surface area contributed by atoms with Crippen molar-refractivity contribution in [1.29, 1.82) is 0 Å². The second-order valence-corrected chi connectivity index (χ2v) is 6.86. The van der Waals surface area contributed by atoms with Crippen LogP contribution in [0.1, 0.15) is 16.8 Å². The van der Waals surface area contributed by atoms with E-state index in [1.807, 2.05) is 29.2 Å². The predicted octanol–water partition coefficient (Wildman–Crippen LogP) is 2.68. The number of methoxy groups -OCH3 is 1. The fourth-order valence-electron chi connectivity index (χ4n) is 3.62. The summed E-state index contributed by atoms with van der Waals surface area (Å²) in [5, 5.41) is 6.40. The van der Waals surface area contributed by atoms with E-state index < -0.39 is 0 Å². The minimum atomic E-state index is -0.281. The van der Waals surface area contributed by atoms with Crippen LogP contribution < -0.4 is 20.3 Å². The molecule has 0 bridgehead atoms. The zero-order valence-corrected chi connectivity index (χ0v) is 14.9. The van der Waals surface area contributed by atoms with E-state index >= 15 is 0 Å². The summed E-state index contributed by atoms with van der Waals surface area (Å²) in [6.45, 7) is 0.573. The Bertz CT molecular complexity index is 886. The monoisotopic (exact) mass is 371 g/mol. The fourth-order valence-corrected chi connectivity index (χ4v) is 3.79. The van der Waals surface area contributed by atoms with Gasteiger partial charge in [-0.05, 0) is 36.8 Å². The summed E-state index contributed by atoms with van der Waals surface area (Å²) in [4.78, 5) is 27.1. The summed E-state index contributed by atoms with van der Waals surface area (Å²) in [6, 6.07) is 12.2. The van der Waals surface area contributed by atoms with E-state index in [0.29, 0.717) is 29.3 Å². The number of amides is 2. The summed E-state index contributed by atoms with van der Waals surface area (Å²) in [5.41, 5.74) is 2.17. The van der Waals surface area contributed by atoms with Crippen molar-refractivity contribution in [3.8, 4) is 5.75 Å². The van der Waals surface area contributed by atoms with Crippen LogP contribution in [0.15, 0.2) is 42.5 Å². The molecule has 0 unspecified atom stereocenters. The standard InChI is InChI=1S/C19H18ClN3O3/c1-26-17-7-6-11(20)8-13(17)18(24)21-12-9-16-19(25)22-14-4-2-3-5-15(14)23(16)10-12/h2-8,12,16H,9-10H2,1H3,(H,21,24)(H,22,25)/t12-,16-/m0/s1. The van der Waals surface area contributed by atoms with Crippen molar-refractivity contribution >= 4 is 34.8 Å². The third-order valence-electron chi connectivity index (χ3n) is 4.82. The molecular formula is C19H18ClN3O3. The average Bonchev–Trinajstić information content (AvgIpc) is 3.06. The minimum Gasteiger partial charge on any atom is -0.496 e. The average molecular weight is 372 g/mol. The third kappa shape index (κ3) is 2.86. The summed E-state index contributed by atoms with van der Waals surface area (Å²) in [5.74, 6) is 0.161. The van der Waals surface area contributed by atoms with Gasteiger partial charge in [-0.1, -0.05) is 23.7 Å². The van der Waals surface area contributed by atoms with Gasteiger partial charge in [0.05, 0.1) is 24.0 Å².